The van der Waals surface area contributed by atoms with E-state index in [0.29, 0.717) is 29.5 Å². The molecule has 0 aliphatic rings. The summed E-state index contributed by atoms with van der Waals surface area (Å²) in [7, 11) is 8.17. The van der Waals surface area contributed by atoms with Crippen LogP contribution in [0.4, 0.5) is 5.69 Å². The van der Waals surface area contributed by atoms with Crippen LogP contribution in [0.1, 0.15) is 5.56 Å². The van der Waals surface area contributed by atoms with Crippen LogP contribution in [0.25, 0.3) is 0 Å². The highest BCUT2D eigenvalue weighted by molar-refractivity contribution is 5.92. The molecular formula is C22H29N3O5. The maximum atomic E-state index is 12.5. The molecule has 2 aromatic carbocycles. The largest absolute Gasteiger partial charge is 0.497 e. The number of nitrogens with zero attached hydrogens (tertiary/aromatic N) is 2. The summed E-state index contributed by atoms with van der Waals surface area (Å²) >= 11 is 0. The smallest absolute Gasteiger partial charge is 0.238 e. The van der Waals surface area contributed by atoms with E-state index in [1.807, 2.05) is 18.2 Å². The summed E-state index contributed by atoms with van der Waals surface area (Å²) in [5, 5.41) is 2.80. The van der Waals surface area contributed by atoms with E-state index in [9.17, 15) is 9.59 Å². The van der Waals surface area contributed by atoms with Crippen LogP contribution in [0.15, 0.2) is 42.5 Å². The molecule has 0 unspecified atom stereocenters. The quantitative estimate of drug-likeness (QED) is 0.641. The van der Waals surface area contributed by atoms with Crippen molar-refractivity contribution in [2.75, 3.05) is 53.8 Å². The van der Waals surface area contributed by atoms with E-state index in [-0.39, 0.29) is 24.9 Å². The lowest BCUT2D eigenvalue weighted by Gasteiger charge is -2.22. The third-order valence-electron chi connectivity index (χ3n) is 4.47. The first-order chi connectivity index (χ1) is 14.4. The third kappa shape index (κ3) is 6.66. The lowest BCUT2D eigenvalue weighted by molar-refractivity contribution is -0.131. The van der Waals surface area contributed by atoms with Gasteiger partial charge in [-0.05, 0) is 36.9 Å². The number of nitrogens with one attached hydrogen (secondary N) is 1. The number of hydrogen-bond acceptors (Lipinski definition) is 6. The van der Waals surface area contributed by atoms with Gasteiger partial charge in [0.2, 0.25) is 11.8 Å². The van der Waals surface area contributed by atoms with Gasteiger partial charge in [0.05, 0.1) is 34.4 Å². The molecule has 8 nitrogen and oxygen atoms in total. The lowest BCUT2D eigenvalue weighted by Crippen LogP contribution is -2.39. The van der Waals surface area contributed by atoms with Gasteiger partial charge in [-0.1, -0.05) is 12.1 Å². The van der Waals surface area contributed by atoms with Crippen LogP contribution in [0, 0.1) is 0 Å². The van der Waals surface area contributed by atoms with Gasteiger partial charge >= 0.3 is 0 Å². The molecule has 0 atom stereocenters. The Morgan fingerprint density at radius 3 is 2.30 bits per heavy atom. The number of methoxy groups -OCH3 is 3. The maximum absolute atomic E-state index is 12.5. The molecule has 0 aliphatic carbocycles. The average Bonchev–Trinajstić information content (AvgIpc) is 2.73. The number of anilines is 1. The standard InChI is InChI=1S/C22H29N3O5/c1-24(14-21(26)23-17-7-6-8-18(12-17)28-3)15-22(27)25(2)13-16-9-10-19(29-4)20(11-16)30-5/h6-12H,13-15H2,1-5H3,(H,23,26). The van der Waals surface area contributed by atoms with Crippen molar-refractivity contribution in [1.29, 1.82) is 0 Å². The fourth-order valence-corrected chi connectivity index (χ4v) is 2.90. The summed E-state index contributed by atoms with van der Waals surface area (Å²) in [5.41, 5.74) is 1.56. The molecule has 8 heteroatoms. The predicted octanol–water partition coefficient (Wildman–Crippen LogP) is 2.24. The van der Waals surface area contributed by atoms with Crippen molar-refractivity contribution in [3.63, 3.8) is 0 Å². The van der Waals surface area contributed by atoms with Crippen molar-refractivity contribution in [3.05, 3.63) is 48.0 Å². The summed E-state index contributed by atoms with van der Waals surface area (Å²) in [6.45, 7) is 0.630. The van der Waals surface area contributed by atoms with E-state index >= 15 is 0 Å². The third-order valence-corrected chi connectivity index (χ3v) is 4.47. The van der Waals surface area contributed by atoms with E-state index < -0.39 is 0 Å². The zero-order chi connectivity index (χ0) is 22.1. The number of hydrogen-bond donors (Lipinski definition) is 1. The Balaban J connectivity index is 1.86. The van der Waals surface area contributed by atoms with Gasteiger partial charge in [-0.15, -0.1) is 0 Å². The zero-order valence-corrected chi connectivity index (χ0v) is 18.1. The van der Waals surface area contributed by atoms with Gasteiger partial charge in [-0.3, -0.25) is 14.5 Å². The van der Waals surface area contributed by atoms with E-state index in [1.165, 1.54) is 0 Å². The molecule has 2 aromatic rings. The number of benzene rings is 2. The molecule has 2 rings (SSSR count). The predicted molar refractivity (Wildman–Crippen MR) is 115 cm³/mol. The highest BCUT2D eigenvalue weighted by Gasteiger charge is 2.15. The number of rotatable bonds is 10. The monoisotopic (exact) mass is 415 g/mol. The van der Waals surface area contributed by atoms with Gasteiger partial charge in [-0.2, -0.15) is 0 Å². The van der Waals surface area contributed by atoms with Crippen molar-refractivity contribution in [2.24, 2.45) is 0 Å². The van der Waals surface area contributed by atoms with E-state index in [4.69, 9.17) is 14.2 Å². The van der Waals surface area contributed by atoms with Crippen LogP contribution < -0.4 is 19.5 Å². The molecule has 162 valence electrons. The topological polar surface area (TPSA) is 80.3 Å². The van der Waals surface area contributed by atoms with Crippen molar-refractivity contribution in [1.82, 2.24) is 9.80 Å². The minimum absolute atomic E-state index is 0.0904. The Morgan fingerprint density at radius 2 is 1.63 bits per heavy atom. The van der Waals surface area contributed by atoms with Crippen LogP contribution in [0.5, 0.6) is 17.2 Å². The maximum Gasteiger partial charge on any atom is 0.238 e. The Morgan fingerprint density at radius 1 is 0.900 bits per heavy atom. The zero-order valence-electron chi connectivity index (χ0n) is 18.1. The van der Waals surface area contributed by atoms with Crippen molar-refractivity contribution in [2.45, 2.75) is 6.54 Å². The Kier molecular flexibility index (Phi) is 8.49. The molecule has 0 heterocycles. The van der Waals surface area contributed by atoms with Crippen LogP contribution in [-0.4, -0.2) is 70.1 Å². The SMILES string of the molecule is COc1cccc(NC(=O)CN(C)CC(=O)N(C)Cc2ccc(OC)c(OC)c2)c1. The highest BCUT2D eigenvalue weighted by atomic mass is 16.5. The lowest BCUT2D eigenvalue weighted by atomic mass is 10.2. The van der Waals surface area contributed by atoms with Gasteiger partial charge in [0.15, 0.2) is 11.5 Å². The number of carbonyl (C=O) groups is 2. The summed E-state index contributed by atoms with van der Waals surface area (Å²) in [4.78, 5) is 28.1. The highest BCUT2D eigenvalue weighted by Crippen LogP contribution is 2.27. The molecule has 0 aromatic heterocycles. The molecule has 0 saturated carbocycles. The summed E-state index contributed by atoms with van der Waals surface area (Å²) in [6, 6.07) is 12.6. The molecule has 2 amide bonds. The van der Waals surface area contributed by atoms with E-state index in [2.05, 4.69) is 5.32 Å². The second-order valence-electron chi connectivity index (χ2n) is 6.89. The number of ether oxygens (including phenoxy) is 3. The molecule has 0 spiro atoms. The van der Waals surface area contributed by atoms with Gasteiger partial charge < -0.3 is 24.4 Å². The fourth-order valence-electron chi connectivity index (χ4n) is 2.90. The molecule has 0 bridgehead atoms. The second-order valence-corrected chi connectivity index (χ2v) is 6.89. The van der Waals surface area contributed by atoms with Crippen molar-refractivity contribution < 1.29 is 23.8 Å². The Hall–Kier alpha value is -3.26. The van der Waals surface area contributed by atoms with Crippen LogP contribution in [0.3, 0.4) is 0 Å². The molecule has 0 radical (unpaired) electrons. The first-order valence-electron chi connectivity index (χ1n) is 9.43. The second kappa shape index (κ2) is 11.1. The van der Waals surface area contributed by atoms with E-state index in [1.54, 1.807) is 69.5 Å². The fraction of sp³-hybridized carbons (Fsp3) is 0.364. The van der Waals surface area contributed by atoms with Crippen molar-refractivity contribution >= 4 is 17.5 Å². The Labute approximate surface area is 177 Å². The van der Waals surface area contributed by atoms with Gasteiger partial charge in [0.1, 0.15) is 5.75 Å². The molecule has 1 N–H and O–H groups in total. The van der Waals surface area contributed by atoms with Gasteiger partial charge in [0.25, 0.3) is 0 Å². The molecular weight excluding hydrogens is 386 g/mol. The summed E-state index contributed by atoms with van der Waals surface area (Å²) in [5.74, 6) is 1.61. The van der Waals surface area contributed by atoms with Gasteiger partial charge in [0, 0.05) is 25.3 Å². The minimum atomic E-state index is -0.207. The molecule has 0 aliphatic heterocycles. The molecule has 30 heavy (non-hydrogen) atoms. The van der Waals surface area contributed by atoms with Gasteiger partial charge in [-0.25, -0.2) is 0 Å². The summed E-state index contributed by atoms with van der Waals surface area (Å²) in [6.07, 6.45) is 0. The molecule has 0 saturated heterocycles. The van der Waals surface area contributed by atoms with Crippen LogP contribution in [0.2, 0.25) is 0 Å². The molecule has 0 fully saturated rings. The number of likely N-dealkylation sites (N-methyl/N-ethyl adjacent to an activating group) is 2. The number of carbonyl (C=O) groups excluding carboxylic acids is 2. The first kappa shape index (κ1) is 23.0. The van der Waals surface area contributed by atoms with E-state index in [0.717, 1.165) is 5.56 Å². The normalized spacial score (nSPS) is 10.5. The first-order valence-corrected chi connectivity index (χ1v) is 9.43. The number of amides is 2. The van der Waals surface area contributed by atoms with Crippen LogP contribution >= 0.6 is 0 Å². The van der Waals surface area contributed by atoms with Crippen LogP contribution in [-0.2, 0) is 16.1 Å². The van der Waals surface area contributed by atoms with Crippen molar-refractivity contribution in [3.8, 4) is 17.2 Å². The Bertz CT molecular complexity index is 872. The summed E-state index contributed by atoms with van der Waals surface area (Å²) < 4.78 is 15.7. The minimum Gasteiger partial charge on any atom is -0.497 e. The average molecular weight is 415 g/mol.